The number of aromatic nitrogens is 2. The number of fused-ring (bicyclic) bond motifs is 1. The van der Waals surface area contributed by atoms with Gasteiger partial charge in [0.05, 0.1) is 12.1 Å². The Hall–Kier alpha value is -2.64. The fourth-order valence-electron chi connectivity index (χ4n) is 2.62. The van der Waals surface area contributed by atoms with Crippen LogP contribution in [-0.4, -0.2) is 34.2 Å². The zero-order chi connectivity index (χ0) is 18.5. The lowest BCUT2D eigenvalue weighted by Crippen LogP contribution is -2.44. The average molecular weight is 389 g/mol. The molecule has 0 amide bonds. The molecule has 6 nitrogen and oxygen atoms in total. The molecule has 1 aromatic carbocycles. The number of halogens is 1. The van der Waals surface area contributed by atoms with E-state index in [1.807, 2.05) is 30.5 Å². The number of methoxy groups -OCH3 is 1. The van der Waals surface area contributed by atoms with E-state index < -0.39 is 12.0 Å². The van der Waals surface area contributed by atoms with Crippen LogP contribution in [0.1, 0.15) is 5.56 Å². The van der Waals surface area contributed by atoms with Crippen LogP contribution >= 0.6 is 23.8 Å². The van der Waals surface area contributed by atoms with Crippen molar-refractivity contribution in [2.75, 3.05) is 12.4 Å². The van der Waals surface area contributed by atoms with E-state index in [0.717, 1.165) is 16.5 Å². The molecule has 2 heterocycles. The van der Waals surface area contributed by atoms with Crippen molar-refractivity contribution >= 4 is 51.6 Å². The number of carbonyl (C=O) groups excluding carboxylic acids is 1. The summed E-state index contributed by atoms with van der Waals surface area (Å²) in [5, 5.41) is 7.78. The van der Waals surface area contributed by atoms with Gasteiger partial charge < -0.3 is 20.4 Å². The van der Waals surface area contributed by atoms with E-state index in [4.69, 9.17) is 28.6 Å². The van der Waals surface area contributed by atoms with E-state index in [-0.39, 0.29) is 5.11 Å². The molecule has 3 aromatic rings. The molecule has 3 rings (SSSR count). The van der Waals surface area contributed by atoms with Crippen LogP contribution in [0.2, 0.25) is 5.02 Å². The molecule has 0 radical (unpaired) electrons. The van der Waals surface area contributed by atoms with E-state index >= 15 is 0 Å². The lowest BCUT2D eigenvalue weighted by Gasteiger charge is -2.18. The van der Waals surface area contributed by atoms with Crippen molar-refractivity contribution in [1.82, 2.24) is 15.3 Å². The van der Waals surface area contributed by atoms with Gasteiger partial charge in [-0.2, -0.15) is 0 Å². The van der Waals surface area contributed by atoms with Crippen LogP contribution in [-0.2, 0) is 16.0 Å². The predicted octanol–water partition coefficient (Wildman–Crippen LogP) is 3.29. The van der Waals surface area contributed by atoms with E-state index in [0.29, 0.717) is 17.3 Å². The Bertz CT molecular complexity index is 926. The predicted molar refractivity (Wildman–Crippen MR) is 106 cm³/mol. The quantitative estimate of drug-likeness (QED) is 0.460. The number of ether oxygens (including phenoxy) is 1. The van der Waals surface area contributed by atoms with Crippen molar-refractivity contribution in [2.45, 2.75) is 12.5 Å². The summed E-state index contributed by atoms with van der Waals surface area (Å²) >= 11 is 11.1. The smallest absolute Gasteiger partial charge is 0.328 e. The summed E-state index contributed by atoms with van der Waals surface area (Å²) in [5.74, 6) is 0.131. The Labute approximate surface area is 160 Å². The first-order valence-electron chi connectivity index (χ1n) is 7.88. The van der Waals surface area contributed by atoms with Gasteiger partial charge in [-0.3, -0.25) is 0 Å². The number of hydrogen-bond donors (Lipinski definition) is 3. The highest BCUT2D eigenvalue weighted by molar-refractivity contribution is 7.80. The lowest BCUT2D eigenvalue weighted by molar-refractivity contribution is -0.142. The molecular weight excluding hydrogens is 372 g/mol. The molecule has 1 atom stereocenters. The van der Waals surface area contributed by atoms with Crippen molar-refractivity contribution in [1.29, 1.82) is 0 Å². The summed E-state index contributed by atoms with van der Waals surface area (Å²) in [6.45, 7) is 0. The van der Waals surface area contributed by atoms with E-state index in [1.54, 1.807) is 12.1 Å². The van der Waals surface area contributed by atoms with Gasteiger partial charge in [0.25, 0.3) is 0 Å². The third kappa shape index (κ3) is 4.30. The number of H-pyrrole nitrogens is 1. The number of nitrogens with one attached hydrogen (secondary N) is 3. The topological polar surface area (TPSA) is 79.0 Å². The first kappa shape index (κ1) is 18.2. The summed E-state index contributed by atoms with van der Waals surface area (Å²) in [6.07, 6.45) is 3.82. The molecule has 3 N–H and O–H groups in total. The van der Waals surface area contributed by atoms with Gasteiger partial charge in [0.1, 0.15) is 11.9 Å². The Balaban J connectivity index is 1.72. The minimum atomic E-state index is -0.633. The van der Waals surface area contributed by atoms with Gasteiger partial charge in [-0.05, 0) is 36.0 Å². The van der Waals surface area contributed by atoms with Gasteiger partial charge in [-0.1, -0.05) is 29.8 Å². The monoisotopic (exact) mass is 388 g/mol. The Kier molecular flexibility index (Phi) is 5.70. The first-order chi connectivity index (χ1) is 12.6. The van der Waals surface area contributed by atoms with Crippen LogP contribution in [0.15, 0.2) is 48.8 Å². The molecule has 0 aliphatic carbocycles. The van der Waals surface area contributed by atoms with E-state index in [2.05, 4.69) is 20.6 Å². The number of para-hydroxylation sites is 1. The third-order valence-electron chi connectivity index (χ3n) is 3.86. The summed E-state index contributed by atoms with van der Waals surface area (Å²) in [6, 6.07) is 10.7. The maximum absolute atomic E-state index is 12.2. The Morgan fingerprint density at radius 1 is 1.35 bits per heavy atom. The maximum Gasteiger partial charge on any atom is 0.328 e. The molecular formula is C18H17ClN4O2S. The first-order valence-corrected chi connectivity index (χ1v) is 8.67. The molecule has 0 aliphatic heterocycles. The number of thiocarbonyl (C=S) groups is 1. The van der Waals surface area contributed by atoms with Crippen molar-refractivity contribution in [3.63, 3.8) is 0 Å². The number of esters is 1. The standard InChI is InChI=1S/C18H17ClN4O2S/c1-25-17(24)15(8-11-9-20-14-5-3-2-4-13(11)14)22-18(26)23-16-7-6-12(19)10-21-16/h2-7,9-10,15,20H,8H2,1H3,(H2,21,22,23,26)/t15-/m1/s1. The molecule has 0 aliphatic rings. The summed E-state index contributed by atoms with van der Waals surface area (Å²) < 4.78 is 4.91. The highest BCUT2D eigenvalue weighted by Gasteiger charge is 2.22. The SMILES string of the molecule is COC(=O)[C@@H](Cc1c[nH]c2ccccc12)NC(=S)Nc1ccc(Cl)cn1. The van der Waals surface area contributed by atoms with Crippen LogP contribution in [0.4, 0.5) is 5.82 Å². The van der Waals surface area contributed by atoms with Crippen LogP contribution in [0.25, 0.3) is 10.9 Å². The number of benzene rings is 1. The number of hydrogen-bond acceptors (Lipinski definition) is 4. The second kappa shape index (κ2) is 8.16. The molecule has 0 fully saturated rings. The number of rotatable bonds is 5. The highest BCUT2D eigenvalue weighted by atomic mass is 35.5. The van der Waals surface area contributed by atoms with Gasteiger partial charge in [-0.25, -0.2) is 9.78 Å². The zero-order valence-electron chi connectivity index (χ0n) is 14.0. The van der Waals surface area contributed by atoms with Crippen LogP contribution in [0.3, 0.4) is 0 Å². The van der Waals surface area contributed by atoms with Crippen molar-refractivity contribution < 1.29 is 9.53 Å². The number of carbonyl (C=O) groups is 1. The molecule has 2 aromatic heterocycles. The summed E-state index contributed by atoms with van der Waals surface area (Å²) in [4.78, 5) is 19.5. The number of aromatic amines is 1. The molecule has 0 bridgehead atoms. The molecule has 8 heteroatoms. The Morgan fingerprint density at radius 2 is 2.15 bits per heavy atom. The minimum Gasteiger partial charge on any atom is -0.467 e. The highest BCUT2D eigenvalue weighted by Crippen LogP contribution is 2.19. The minimum absolute atomic E-state index is 0.273. The molecule has 0 saturated heterocycles. The fourth-order valence-corrected chi connectivity index (χ4v) is 2.97. The van der Waals surface area contributed by atoms with Gasteiger partial charge in [0.15, 0.2) is 5.11 Å². The third-order valence-corrected chi connectivity index (χ3v) is 4.30. The van der Waals surface area contributed by atoms with Crippen molar-refractivity contribution in [3.05, 3.63) is 59.4 Å². The van der Waals surface area contributed by atoms with Crippen LogP contribution in [0.5, 0.6) is 0 Å². The van der Waals surface area contributed by atoms with Crippen LogP contribution in [0, 0.1) is 0 Å². The fraction of sp³-hybridized carbons (Fsp3) is 0.167. The lowest BCUT2D eigenvalue weighted by atomic mass is 10.1. The van der Waals surface area contributed by atoms with Gasteiger partial charge in [-0.15, -0.1) is 0 Å². The second-order valence-electron chi connectivity index (χ2n) is 5.60. The summed E-state index contributed by atoms with van der Waals surface area (Å²) in [5.41, 5.74) is 2.01. The molecule has 134 valence electrons. The van der Waals surface area contributed by atoms with Crippen molar-refractivity contribution in [2.24, 2.45) is 0 Å². The molecule has 0 unspecified atom stereocenters. The zero-order valence-corrected chi connectivity index (χ0v) is 15.5. The van der Waals surface area contributed by atoms with Gasteiger partial charge in [0, 0.05) is 29.7 Å². The average Bonchev–Trinajstić information content (AvgIpc) is 3.05. The maximum atomic E-state index is 12.2. The van der Waals surface area contributed by atoms with E-state index in [1.165, 1.54) is 13.3 Å². The van der Waals surface area contributed by atoms with Gasteiger partial charge >= 0.3 is 5.97 Å². The summed E-state index contributed by atoms with van der Waals surface area (Å²) in [7, 11) is 1.35. The van der Waals surface area contributed by atoms with Gasteiger partial charge in [0.2, 0.25) is 0 Å². The van der Waals surface area contributed by atoms with E-state index in [9.17, 15) is 4.79 Å². The van der Waals surface area contributed by atoms with Crippen LogP contribution < -0.4 is 10.6 Å². The Morgan fingerprint density at radius 3 is 2.88 bits per heavy atom. The number of pyridine rings is 1. The molecule has 26 heavy (non-hydrogen) atoms. The van der Waals surface area contributed by atoms with Crippen molar-refractivity contribution in [3.8, 4) is 0 Å². The molecule has 0 spiro atoms. The largest absolute Gasteiger partial charge is 0.467 e. The normalized spacial score (nSPS) is 11.8. The number of anilines is 1. The molecule has 0 saturated carbocycles. The number of nitrogens with zero attached hydrogens (tertiary/aromatic N) is 1. The second-order valence-corrected chi connectivity index (χ2v) is 6.44.